The van der Waals surface area contributed by atoms with E-state index in [9.17, 15) is 4.79 Å². The molecule has 0 spiro atoms. The lowest BCUT2D eigenvalue weighted by molar-refractivity contribution is 0.0692. The monoisotopic (exact) mass is 459 g/mol. The maximum absolute atomic E-state index is 13.2. The molecule has 3 aromatic heterocycles. The summed E-state index contributed by atoms with van der Waals surface area (Å²) in [6.45, 7) is 1.23. The van der Waals surface area contributed by atoms with E-state index in [1.165, 1.54) is 6.33 Å². The minimum absolute atomic E-state index is 0.0494. The summed E-state index contributed by atoms with van der Waals surface area (Å²) < 4.78 is 6.06. The molecule has 7 nitrogen and oxygen atoms in total. The Morgan fingerprint density at radius 1 is 1.09 bits per heavy atom. The maximum atomic E-state index is 13.2. The molecule has 0 saturated carbocycles. The standard InChI is InChI=1S/C25H22ClN5O2/c26-21-7-2-1-5-17(21)11-20-14-29-24(33-20)18-6-4-10-31(15-18)25(32)23-9-3-8-22(30-23)19-12-27-16-28-13-19/h1-3,5,7-9,12-14,16,18H,4,6,10-11,15H2/t18-/m1/s1. The highest BCUT2D eigenvalue weighted by Crippen LogP contribution is 2.29. The lowest BCUT2D eigenvalue weighted by Gasteiger charge is -2.31. The first-order valence-corrected chi connectivity index (χ1v) is 11.2. The molecule has 1 aliphatic rings. The third-order valence-electron chi connectivity index (χ3n) is 5.78. The zero-order valence-electron chi connectivity index (χ0n) is 17.9. The normalized spacial score (nSPS) is 16.0. The molecule has 4 heterocycles. The molecule has 1 aliphatic heterocycles. The summed E-state index contributed by atoms with van der Waals surface area (Å²) in [5, 5.41) is 0.710. The van der Waals surface area contributed by atoms with E-state index >= 15 is 0 Å². The molecule has 1 saturated heterocycles. The molecule has 0 unspecified atom stereocenters. The summed E-state index contributed by atoms with van der Waals surface area (Å²) in [6.07, 6.45) is 8.98. The van der Waals surface area contributed by atoms with Crippen LogP contribution >= 0.6 is 11.6 Å². The molecule has 1 aromatic carbocycles. The van der Waals surface area contributed by atoms with Crippen LogP contribution in [0.3, 0.4) is 0 Å². The molecule has 33 heavy (non-hydrogen) atoms. The van der Waals surface area contributed by atoms with Gasteiger partial charge in [-0.2, -0.15) is 0 Å². The summed E-state index contributed by atoms with van der Waals surface area (Å²) in [5.74, 6) is 1.38. The average molecular weight is 460 g/mol. The quantitative estimate of drug-likeness (QED) is 0.426. The lowest BCUT2D eigenvalue weighted by atomic mass is 9.97. The summed E-state index contributed by atoms with van der Waals surface area (Å²) in [4.78, 5) is 32.2. The number of halogens is 1. The van der Waals surface area contributed by atoms with Gasteiger partial charge in [-0.05, 0) is 36.6 Å². The second-order valence-corrected chi connectivity index (χ2v) is 8.47. The molecule has 8 heteroatoms. The summed E-state index contributed by atoms with van der Waals surface area (Å²) >= 11 is 6.27. The topological polar surface area (TPSA) is 85.0 Å². The van der Waals surface area contributed by atoms with Crippen molar-refractivity contribution in [2.75, 3.05) is 13.1 Å². The Kier molecular flexibility index (Phi) is 6.13. The molecule has 0 aliphatic carbocycles. The molecular formula is C25H22ClN5O2. The Morgan fingerprint density at radius 2 is 1.94 bits per heavy atom. The van der Waals surface area contributed by atoms with E-state index in [4.69, 9.17) is 16.0 Å². The van der Waals surface area contributed by atoms with Crippen molar-refractivity contribution in [3.63, 3.8) is 0 Å². The zero-order chi connectivity index (χ0) is 22.6. The van der Waals surface area contributed by atoms with Crippen molar-refractivity contribution in [2.45, 2.75) is 25.2 Å². The van der Waals surface area contributed by atoms with E-state index in [1.54, 1.807) is 24.7 Å². The number of hydrogen-bond acceptors (Lipinski definition) is 6. The second-order valence-electron chi connectivity index (χ2n) is 8.06. The molecule has 1 fully saturated rings. The van der Waals surface area contributed by atoms with Gasteiger partial charge in [-0.15, -0.1) is 0 Å². The molecule has 1 atom stereocenters. The van der Waals surface area contributed by atoms with Crippen LogP contribution in [-0.4, -0.2) is 43.8 Å². The number of oxazole rings is 1. The number of rotatable bonds is 5. The smallest absolute Gasteiger partial charge is 0.272 e. The number of carbonyl (C=O) groups is 1. The van der Waals surface area contributed by atoms with E-state index in [1.807, 2.05) is 41.3 Å². The van der Waals surface area contributed by atoms with Crippen LogP contribution in [-0.2, 0) is 6.42 Å². The number of aromatic nitrogens is 4. The van der Waals surface area contributed by atoms with E-state index in [0.29, 0.717) is 41.8 Å². The van der Waals surface area contributed by atoms with Gasteiger partial charge in [0.2, 0.25) is 0 Å². The van der Waals surface area contributed by atoms with Crippen molar-refractivity contribution in [2.24, 2.45) is 0 Å². The van der Waals surface area contributed by atoms with Gasteiger partial charge in [-0.25, -0.2) is 19.9 Å². The molecule has 166 valence electrons. The van der Waals surface area contributed by atoms with Crippen molar-refractivity contribution in [1.29, 1.82) is 0 Å². The lowest BCUT2D eigenvalue weighted by Crippen LogP contribution is -2.39. The number of nitrogens with zero attached hydrogens (tertiary/aromatic N) is 5. The Balaban J connectivity index is 1.29. The van der Waals surface area contributed by atoms with Gasteiger partial charge < -0.3 is 9.32 Å². The first kappa shape index (κ1) is 21.3. The highest BCUT2D eigenvalue weighted by atomic mass is 35.5. The van der Waals surface area contributed by atoms with Crippen LogP contribution in [0.4, 0.5) is 0 Å². The fourth-order valence-corrected chi connectivity index (χ4v) is 4.30. The molecule has 4 aromatic rings. The number of pyridine rings is 1. The predicted molar refractivity (Wildman–Crippen MR) is 124 cm³/mol. The van der Waals surface area contributed by atoms with Gasteiger partial charge >= 0.3 is 0 Å². The molecule has 0 radical (unpaired) electrons. The maximum Gasteiger partial charge on any atom is 0.272 e. The van der Waals surface area contributed by atoms with Crippen LogP contribution in [0.25, 0.3) is 11.3 Å². The highest BCUT2D eigenvalue weighted by Gasteiger charge is 2.29. The highest BCUT2D eigenvalue weighted by molar-refractivity contribution is 6.31. The third kappa shape index (κ3) is 4.78. The number of likely N-dealkylation sites (tertiary alicyclic amines) is 1. The molecular weight excluding hydrogens is 438 g/mol. The largest absolute Gasteiger partial charge is 0.445 e. The fourth-order valence-electron chi connectivity index (χ4n) is 4.09. The van der Waals surface area contributed by atoms with Crippen molar-refractivity contribution in [3.8, 4) is 11.3 Å². The molecule has 0 N–H and O–H groups in total. The zero-order valence-corrected chi connectivity index (χ0v) is 18.7. The van der Waals surface area contributed by atoms with Gasteiger partial charge in [-0.1, -0.05) is 35.9 Å². The molecule has 1 amide bonds. The van der Waals surface area contributed by atoms with Crippen molar-refractivity contribution in [1.82, 2.24) is 24.8 Å². The first-order valence-electron chi connectivity index (χ1n) is 10.9. The Hall–Kier alpha value is -3.58. The Labute approximate surface area is 196 Å². The van der Waals surface area contributed by atoms with Crippen molar-refractivity contribution in [3.05, 3.63) is 95.3 Å². The van der Waals surface area contributed by atoms with Crippen molar-refractivity contribution < 1.29 is 9.21 Å². The minimum Gasteiger partial charge on any atom is -0.445 e. The van der Waals surface area contributed by atoms with Gasteiger partial charge in [0.05, 0.1) is 17.8 Å². The van der Waals surface area contributed by atoms with Crippen molar-refractivity contribution >= 4 is 17.5 Å². The minimum atomic E-state index is -0.0961. The van der Waals surface area contributed by atoms with E-state index < -0.39 is 0 Å². The van der Waals surface area contributed by atoms with Crippen LogP contribution in [0.1, 0.15) is 46.5 Å². The number of amides is 1. The number of hydrogen-bond donors (Lipinski definition) is 0. The number of piperidine rings is 1. The van der Waals surface area contributed by atoms with E-state index in [0.717, 1.165) is 29.7 Å². The SMILES string of the molecule is O=C(c1cccc(-c2cncnc2)n1)N1CCC[C@@H](c2ncc(Cc3ccccc3Cl)o2)C1. The summed E-state index contributed by atoms with van der Waals surface area (Å²) in [7, 11) is 0. The van der Waals surface area contributed by atoms with Crippen LogP contribution < -0.4 is 0 Å². The van der Waals surface area contributed by atoms with Gasteiger partial charge in [0.25, 0.3) is 5.91 Å². The fraction of sp³-hybridized carbons (Fsp3) is 0.240. The number of benzene rings is 1. The summed E-state index contributed by atoms with van der Waals surface area (Å²) in [5.41, 5.74) is 2.85. The Bertz CT molecular complexity index is 1260. The number of carbonyl (C=O) groups excluding carboxylic acids is 1. The van der Waals surface area contributed by atoms with Crippen LogP contribution in [0.2, 0.25) is 5.02 Å². The predicted octanol–water partition coefficient (Wildman–Crippen LogP) is 4.79. The van der Waals surface area contributed by atoms with Crippen LogP contribution in [0.5, 0.6) is 0 Å². The van der Waals surface area contributed by atoms with Gasteiger partial charge in [0.15, 0.2) is 5.89 Å². The molecule has 0 bridgehead atoms. The second kappa shape index (κ2) is 9.50. The average Bonchev–Trinajstić information content (AvgIpc) is 3.34. The van der Waals surface area contributed by atoms with Gasteiger partial charge in [-0.3, -0.25) is 4.79 Å². The Morgan fingerprint density at radius 3 is 2.79 bits per heavy atom. The molecule has 5 rings (SSSR count). The van der Waals surface area contributed by atoms with Crippen LogP contribution in [0, 0.1) is 0 Å². The van der Waals surface area contributed by atoms with E-state index in [2.05, 4.69) is 19.9 Å². The van der Waals surface area contributed by atoms with Gasteiger partial charge in [0, 0.05) is 42.5 Å². The van der Waals surface area contributed by atoms with Gasteiger partial charge in [0.1, 0.15) is 17.8 Å². The first-order chi connectivity index (χ1) is 16.2. The summed E-state index contributed by atoms with van der Waals surface area (Å²) in [6, 6.07) is 13.1. The van der Waals surface area contributed by atoms with Crippen LogP contribution in [0.15, 0.2) is 71.8 Å². The van der Waals surface area contributed by atoms with E-state index in [-0.39, 0.29) is 11.8 Å². The third-order valence-corrected chi connectivity index (χ3v) is 6.15.